The third-order valence-electron chi connectivity index (χ3n) is 6.32. The van der Waals surface area contributed by atoms with Gasteiger partial charge in [-0.05, 0) is 42.5 Å². The molecule has 1 fully saturated rings. The number of carbonyl (C=O) groups excluding carboxylic acids is 1. The molecule has 1 aromatic carbocycles. The van der Waals surface area contributed by atoms with Crippen molar-refractivity contribution in [1.29, 1.82) is 0 Å². The monoisotopic (exact) mass is 481 g/mol. The molecule has 4 aromatic rings. The summed E-state index contributed by atoms with van der Waals surface area (Å²) < 4.78 is 45.0. The number of fused-ring (bicyclic) bond motifs is 1. The lowest BCUT2D eigenvalue weighted by Gasteiger charge is -2.14. The van der Waals surface area contributed by atoms with E-state index in [0.717, 1.165) is 31.7 Å². The predicted octanol–water partition coefficient (Wildman–Crippen LogP) is 4.92. The van der Waals surface area contributed by atoms with Crippen LogP contribution in [-0.4, -0.2) is 38.0 Å². The van der Waals surface area contributed by atoms with E-state index < -0.39 is 12.4 Å². The molecule has 1 aliphatic carbocycles. The van der Waals surface area contributed by atoms with Crippen LogP contribution in [0, 0.1) is 11.7 Å². The Morgan fingerprint density at radius 2 is 1.94 bits per heavy atom. The number of pyridine rings is 1. The van der Waals surface area contributed by atoms with Crippen molar-refractivity contribution < 1.29 is 22.7 Å². The van der Waals surface area contributed by atoms with Crippen molar-refractivity contribution in [3.63, 3.8) is 0 Å². The number of alkyl halides is 2. The molecule has 0 amide bonds. The molecule has 2 N–H and O–H groups in total. The van der Waals surface area contributed by atoms with Crippen LogP contribution >= 0.6 is 0 Å². The Kier molecular flexibility index (Phi) is 6.21. The van der Waals surface area contributed by atoms with E-state index in [9.17, 15) is 18.0 Å². The molecule has 0 aliphatic heterocycles. The normalized spacial score (nSPS) is 17.9. The van der Waals surface area contributed by atoms with Gasteiger partial charge in [0.1, 0.15) is 5.75 Å². The first-order valence-corrected chi connectivity index (χ1v) is 11.2. The largest absolute Gasteiger partial charge is 0.435 e. The van der Waals surface area contributed by atoms with E-state index in [4.69, 9.17) is 5.73 Å². The summed E-state index contributed by atoms with van der Waals surface area (Å²) in [6, 6.07) is 7.93. The summed E-state index contributed by atoms with van der Waals surface area (Å²) in [5.74, 6) is -0.353. The summed E-state index contributed by atoms with van der Waals surface area (Å²) in [5.41, 5.74) is 8.74. The molecule has 1 aliphatic rings. The summed E-state index contributed by atoms with van der Waals surface area (Å²) in [5, 5.41) is 0. The SMILES string of the molecule is N[C@H]1CCC[C@H]1CC(=O)c1cnc2c(-c3cccc(OC(F)F)c3)cn(-c3ncc(F)cn3)c2c1. The van der Waals surface area contributed by atoms with Crippen LogP contribution in [0.2, 0.25) is 0 Å². The molecule has 3 aromatic heterocycles. The number of halogens is 3. The fraction of sp³-hybridized carbons (Fsp3) is 0.280. The number of nitrogens with two attached hydrogens (primary N) is 1. The summed E-state index contributed by atoms with van der Waals surface area (Å²) in [6.45, 7) is -2.96. The first kappa shape index (κ1) is 23.0. The lowest BCUT2D eigenvalue weighted by atomic mass is 9.95. The molecule has 7 nitrogen and oxygen atoms in total. The van der Waals surface area contributed by atoms with Gasteiger partial charge in [-0.2, -0.15) is 8.78 Å². The standard InChI is InChI=1S/C25H22F3N5O2/c26-17-11-31-25(32-12-17)33-13-19(14-3-1-5-18(7-14)35-24(27)28)23-21(33)8-16(10-30-23)22(34)9-15-4-2-6-20(15)29/h1,3,5,7-8,10-13,15,20,24H,2,4,6,9,29H2/t15-,20-/m0/s1. The molecule has 1 saturated carbocycles. The van der Waals surface area contributed by atoms with E-state index in [2.05, 4.69) is 19.7 Å². The highest BCUT2D eigenvalue weighted by atomic mass is 19.3. The maximum absolute atomic E-state index is 13.5. The van der Waals surface area contributed by atoms with Gasteiger partial charge in [-0.15, -0.1) is 0 Å². The van der Waals surface area contributed by atoms with Crippen LogP contribution in [0.3, 0.4) is 0 Å². The third-order valence-corrected chi connectivity index (χ3v) is 6.32. The first-order chi connectivity index (χ1) is 16.9. The highest BCUT2D eigenvalue weighted by Crippen LogP contribution is 2.34. The maximum Gasteiger partial charge on any atom is 0.387 e. The molecule has 5 rings (SSSR count). The number of hydrogen-bond acceptors (Lipinski definition) is 6. The Hall–Kier alpha value is -3.79. The predicted molar refractivity (Wildman–Crippen MR) is 123 cm³/mol. The quantitative estimate of drug-likeness (QED) is 0.377. The molecule has 0 unspecified atom stereocenters. The molecule has 180 valence electrons. The summed E-state index contributed by atoms with van der Waals surface area (Å²) in [6.07, 6.45) is 8.43. The van der Waals surface area contributed by atoms with Gasteiger partial charge in [0.05, 0.1) is 23.4 Å². The fourth-order valence-electron chi connectivity index (χ4n) is 4.58. The number of nitrogens with zero attached hydrogens (tertiary/aromatic N) is 4. The zero-order valence-electron chi connectivity index (χ0n) is 18.6. The molecule has 2 atom stereocenters. The topological polar surface area (TPSA) is 95.9 Å². The van der Waals surface area contributed by atoms with Crippen LogP contribution in [-0.2, 0) is 0 Å². The number of Topliss-reactive ketones (excluding diaryl/α,β-unsaturated/α-hetero) is 1. The Bertz CT molecular complexity index is 1370. The van der Waals surface area contributed by atoms with Gasteiger partial charge in [0, 0.05) is 36.0 Å². The lowest BCUT2D eigenvalue weighted by Crippen LogP contribution is -2.26. The van der Waals surface area contributed by atoms with Gasteiger partial charge in [0.25, 0.3) is 0 Å². The smallest absolute Gasteiger partial charge is 0.387 e. The molecular formula is C25H22F3N5O2. The van der Waals surface area contributed by atoms with Gasteiger partial charge in [-0.3, -0.25) is 14.3 Å². The zero-order valence-corrected chi connectivity index (χ0v) is 18.6. The van der Waals surface area contributed by atoms with Crippen LogP contribution in [0.25, 0.3) is 28.1 Å². The van der Waals surface area contributed by atoms with Crippen LogP contribution < -0.4 is 10.5 Å². The molecule has 0 saturated heterocycles. The average Bonchev–Trinajstić information content (AvgIpc) is 3.42. The molecular weight excluding hydrogens is 459 g/mol. The summed E-state index contributed by atoms with van der Waals surface area (Å²) in [4.78, 5) is 25.7. The van der Waals surface area contributed by atoms with E-state index in [1.54, 1.807) is 29.0 Å². The highest BCUT2D eigenvalue weighted by molar-refractivity contribution is 6.01. The maximum atomic E-state index is 13.5. The van der Waals surface area contributed by atoms with Gasteiger partial charge < -0.3 is 10.5 Å². The van der Waals surface area contributed by atoms with Gasteiger partial charge in [-0.1, -0.05) is 18.6 Å². The van der Waals surface area contributed by atoms with E-state index in [0.29, 0.717) is 34.1 Å². The van der Waals surface area contributed by atoms with E-state index >= 15 is 0 Å². The van der Waals surface area contributed by atoms with Crippen molar-refractivity contribution in [1.82, 2.24) is 19.5 Å². The Labute approximate surface area is 198 Å². The number of carbonyl (C=O) groups is 1. The highest BCUT2D eigenvalue weighted by Gasteiger charge is 2.27. The number of ketones is 1. The fourth-order valence-corrected chi connectivity index (χ4v) is 4.58. The second-order valence-electron chi connectivity index (χ2n) is 8.59. The van der Waals surface area contributed by atoms with Crippen LogP contribution in [0.1, 0.15) is 36.0 Å². The van der Waals surface area contributed by atoms with Crippen molar-refractivity contribution in [3.8, 4) is 22.8 Å². The minimum Gasteiger partial charge on any atom is -0.435 e. The van der Waals surface area contributed by atoms with Crippen molar-refractivity contribution in [2.45, 2.75) is 38.3 Å². The van der Waals surface area contributed by atoms with Crippen molar-refractivity contribution in [2.24, 2.45) is 11.7 Å². The summed E-state index contributed by atoms with van der Waals surface area (Å²) in [7, 11) is 0. The lowest BCUT2D eigenvalue weighted by molar-refractivity contribution is -0.0498. The Balaban J connectivity index is 1.60. The molecule has 0 bridgehead atoms. The third kappa shape index (κ3) is 4.74. The first-order valence-electron chi connectivity index (χ1n) is 11.2. The van der Waals surface area contributed by atoms with Crippen LogP contribution in [0.4, 0.5) is 13.2 Å². The number of ether oxygens (including phenoxy) is 1. The number of rotatable bonds is 7. The Morgan fingerprint density at radius 3 is 2.66 bits per heavy atom. The molecule has 3 heterocycles. The molecule has 0 spiro atoms. The minimum absolute atomic E-state index is 0.00358. The molecule has 10 heteroatoms. The van der Waals surface area contributed by atoms with E-state index in [-0.39, 0.29) is 29.4 Å². The van der Waals surface area contributed by atoms with Crippen LogP contribution in [0.5, 0.6) is 5.75 Å². The van der Waals surface area contributed by atoms with Crippen molar-refractivity contribution in [3.05, 3.63) is 66.5 Å². The average molecular weight is 481 g/mol. The molecule has 35 heavy (non-hydrogen) atoms. The minimum atomic E-state index is -2.96. The van der Waals surface area contributed by atoms with Gasteiger partial charge in [0.2, 0.25) is 5.95 Å². The Morgan fingerprint density at radius 1 is 1.14 bits per heavy atom. The van der Waals surface area contributed by atoms with Gasteiger partial charge >= 0.3 is 6.61 Å². The van der Waals surface area contributed by atoms with Crippen molar-refractivity contribution in [2.75, 3.05) is 0 Å². The van der Waals surface area contributed by atoms with Crippen LogP contribution in [0.15, 0.2) is 55.1 Å². The number of aromatic nitrogens is 4. The van der Waals surface area contributed by atoms with E-state index in [1.165, 1.54) is 18.3 Å². The number of benzene rings is 1. The van der Waals surface area contributed by atoms with E-state index in [1.807, 2.05) is 0 Å². The second kappa shape index (κ2) is 9.46. The number of hydrogen-bond donors (Lipinski definition) is 1. The van der Waals surface area contributed by atoms with Gasteiger partial charge in [-0.25, -0.2) is 14.4 Å². The van der Waals surface area contributed by atoms with Crippen molar-refractivity contribution >= 4 is 16.8 Å². The zero-order chi connectivity index (χ0) is 24.5. The molecule has 0 radical (unpaired) electrons. The van der Waals surface area contributed by atoms with Gasteiger partial charge in [0.15, 0.2) is 11.6 Å². The second-order valence-corrected chi connectivity index (χ2v) is 8.59. The summed E-state index contributed by atoms with van der Waals surface area (Å²) >= 11 is 0.